The van der Waals surface area contributed by atoms with E-state index in [0.717, 1.165) is 0 Å². The molecule has 23 heavy (non-hydrogen) atoms. The van der Waals surface area contributed by atoms with Crippen LogP contribution in [-0.2, 0) is 9.53 Å². The second-order valence-electron chi connectivity index (χ2n) is 4.61. The summed E-state index contributed by atoms with van der Waals surface area (Å²) in [7, 11) is 0. The summed E-state index contributed by atoms with van der Waals surface area (Å²) in [6.07, 6.45) is 0.702. The third kappa shape index (κ3) is 5.38. The number of carbonyl (C=O) groups is 3. The van der Waals surface area contributed by atoms with E-state index in [2.05, 4.69) is 5.32 Å². The lowest BCUT2D eigenvalue weighted by molar-refractivity contribution is -0.385. The lowest BCUT2D eigenvalue weighted by atomic mass is 10.1. The van der Waals surface area contributed by atoms with Gasteiger partial charge in [0.25, 0.3) is 11.6 Å². The molecule has 0 aliphatic carbocycles. The van der Waals surface area contributed by atoms with Gasteiger partial charge in [-0.3, -0.25) is 20.2 Å². The van der Waals surface area contributed by atoms with Gasteiger partial charge in [0.15, 0.2) is 6.61 Å². The first-order valence-electron chi connectivity index (χ1n) is 6.85. The number of nitrogens with one attached hydrogen (secondary N) is 2. The van der Waals surface area contributed by atoms with Gasteiger partial charge in [0.1, 0.15) is 5.56 Å². The lowest BCUT2D eigenvalue weighted by Crippen LogP contribution is -2.41. The van der Waals surface area contributed by atoms with Crippen LogP contribution >= 0.6 is 0 Å². The van der Waals surface area contributed by atoms with Crippen LogP contribution in [0.25, 0.3) is 0 Å². The normalized spacial score (nSPS) is 9.83. The van der Waals surface area contributed by atoms with Crippen LogP contribution in [0.3, 0.4) is 0 Å². The predicted octanol–water partition coefficient (Wildman–Crippen LogP) is 1.30. The van der Waals surface area contributed by atoms with Crippen molar-refractivity contribution in [3.63, 3.8) is 0 Å². The SMILES string of the molecule is CCCNC(=O)NC(=O)COC(=O)c1cccc(C)c1[N+](=O)[O-]. The van der Waals surface area contributed by atoms with Crippen LogP contribution in [0.4, 0.5) is 10.5 Å². The van der Waals surface area contributed by atoms with Crippen molar-refractivity contribution in [3.05, 3.63) is 39.4 Å². The van der Waals surface area contributed by atoms with Crippen LogP contribution in [0.1, 0.15) is 29.3 Å². The zero-order valence-corrected chi connectivity index (χ0v) is 12.8. The van der Waals surface area contributed by atoms with Gasteiger partial charge in [0.2, 0.25) is 0 Å². The maximum atomic E-state index is 11.9. The fraction of sp³-hybridized carbons (Fsp3) is 0.357. The fourth-order valence-electron chi connectivity index (χ4n) is 1.72. The zero-order valence-electron chi connectivity index (χ0n) is 12.8. The number of rotatable bonds is 6. The van der Waals surface area contributed by atoms with Gasteiger partial charge in [-0.05, 0) is 19.4 Å². The van der Waals surface area contributed by atoms with E-state index in [-0.39, 0.29) is 11.3 Å². The van der Waals surface area contributed by atoms with Crippen LogP contribution in [-0.4, -0.2) is 36.0 Å². The number of hydrogen-bond donors (Lipinski definition) is 2. The second-order valence-corrected chi connectivity index (χ2v) is 4.61. The van der Waals surface area contributed by atoms with Gasteiger partial charge in [0.05, 0.1) is 4.92 Å². The number of imide groups is 1. The fourth-order valence-corrected chi connectivity index (χ4v) is 1.72. The van der Waals surface area contributed by atoms with Crippen molar-refractivity contribution in [3.8, 4) is 0 Å². The summed E-state index contributed by atoms with van der Waals surface area (Å²) in [5.41, 5.74) is -0.329. The zero-order chi connectivity index (χ0) is 17.4. The Morgan fingerprint density at radius 2 is 2.00 bits per heavy atom. The summed E-state index contributed by atoms with van der Waals surface area (Å²) >= 11 is 0. The molecule has 0 atom stereocenters. The molecule has 0 radical (unpaired) electrons. The topological polar surface area (TPSA) is 128 Å². The lowest BCUT2D eigenvalue weighted by Gasteiger charge is -2.07. The highest BCUT2D eigenvalue weighted by molar-refractivity contribution is 5.98. The largest absolute Gasteiger partial charge is 0.452 e. The van der Waals surface area contributed by atoms with E-state index in [4.69, 9.17) is 4.74 Å². The molecule has 0 spiro atoms. The number of benzene rings is 1. The number of hydrogen-bond acceptors (Lipinski definition) is 6. The van der Waals surface area contributed by atoms with Gasteiger partial charge < -0.3 is 10.1 Å². The number of ether oxygens (including phenoxy) is 1. The van der Waals surface area contributed by atoms with Gasteiger partial charge in [-0.25, -0.2) is 9.59 Å². The van der Waals surface area contributed by atoms with Gasteiger partial charge in [0, 0.05) is 12.1 Å². The molecule has 0 fully saturated rings. The van der Waals surface area contributed by atoms with Crippen LogP contribution in [0.15, 0.2) is 18.2 Å². The van der Waals surface area contributed by atoms with Crippen LogP contribution in [0.5, 0.6) is 0 Å². The van der Waals surface area contributed by atoms with Crippen LogP contribution in [0, 0.1) is 17.0 Å². The van der Waals surface area contributed by atoms with Crippen molar-refractivity contribution in [1.29, 1.82) is 0 Å². The number of nitrogens with zero attached hydrogens (tertiary/aromatic N) is 1. The first-order chi connectivity index (χ1) is 10.9. The molecule has 0 saturated carbocycles. The van der Waals surface area contributed by atoms with E-state index in [0.29, 0.717) is 18.5 Å². The quantitative estimate of drug-likeness (QED) is 0.461. The average molecular weight is 323 g/mol. The molecule has 0 aliphatic rings. The van der Waals surface area contributed by atoms with Crippen molar-refractivity contribution in [2.75, 3.05) is 13.2 Å². The van der Waals surface area contributed by atoms with Crippen molar-refractivity contribution < 1.29 is 24.0 Å². The number of amides is 3. The van der Waals surface area contributed by atoms with Gasteiger partial charge in [-0.1, -0.05) is 19.1 Å². The molecule has 9 heteroatoms. The monoisotopic (exact) mass is 323 g/mol. The van der Waals surface area contributed by atoms with Crippen molar-refractivity contribution >= 4 is 23.6 Å². The number of esters is 1. The van der Waals surface area contributed by atoms with Crippen LogP contribution < -0.4 is 10.6 Å². The maximum Gasteiger partial charge on any atom is 0.345 e. The molecule has 9 nitrogen and oxygen atoms in total. The third-order valence-electron chi connectivity index (χ3n) is 2.76. The Bertz CT molecular complexity index is 629. The smallest absolute Gasteiger partial charge is 0.345 e. The second kappa shape index (κ2) is 8.47. The third-order valence-corrected chi connectivity index (χ3v) is 2.76. The Hall–Kier alpha value is -2.97. The molecule has 1 aromatic rings. The summed E-state index contributed by atoms with van der Waals surface area (Å²) < 4.78 is 4.71. The minimum atomic E-state index is -1.01. The molecule has 0 unspecified atom stereocenters. The number of nitro groups is 1. The minimum absolute atomic E-state index is 0.252. The number of para-hydroxylation sites is 1. The molecule has 0 bridgehead atoms. The Balaban J connectivity index is 2.64. The summed E-state index contributed by atoms with van der Waals surface area (Å²) in [5, 5.41) is 15.4. The highest BCUT2D eigenvalue weighted by atomic mass is 16.6. The molecular formula is C14H17N3O6. The first kappa shape index (κ1) is 18.1. The molecule has 0 aliphatic heterocycles. The Kier molecular flexibility index (Phi) is 6.66. The average Bonchev–Trinajstić information content (AvgIpc) is 2.49. The molecule has 0 heterocycles. The standard InChI is InChI=1S/C14H17N3O6/c1-3-7-15-14(20)16-11(18)8-23-13(19)10-6-4-5-9(2)12(10)17(21)22/h4-6H,3,7-8H2,1-2H3,(H2,15,16,18,20). The number of nitro benzene ring substituents is 1. The molecule has 0 saturated heterocycles. The van der Waals surface area contributed by atoms with Gasteiger partial charge in [-0.15, -0.1) is 0 Å². The van der Waals surface area contributed by atoms with E-state index in [1.807, 2.05) is 12.2 Å². The molecule has 1 rings (SSSR count). The summed E-state index contributed by atoms with van der Waals surface area (Å²) in [4.78, 5) is 44.9. The van der Waals surface area contributed by atoms with E-state index in [9.17, 15) is 24.5 Å². The maximum absolute atomic E-state index is 11.9. The highest BCUT2D eigenvalue weighted by Gasteiger charge is 2.24. The molecule has 124 valence electrons. The van der Waals surface area contributed by atoms with E-state index in [1.54, 1.807) is 0 Å². The van der Waals surface area contributed by atoms with E-state index in [1.165, 1.54) is 25.1 Å². The Morgan fingerprint density at radius 3 is 2.61 bits per heavy atom. The molecule has 1 aromatic carbocycles. The molecule has 2 N–H and O–H groups in total. The van der Waals surface area contributed by atoms with Gasteiger partial charge >= 0.3 is 12.0 Å². The number of urea groups is 1. The Labute approximate surface area is 132 Å². The predicted molar refractivity (Wildman–Crippen MR) is 79.9 cm³/mol. The van der Waals surface area contributed by atoms with Crippen molar-refractivity contribution in [2.24, 2.45) is 0 Å². The molecule has 3 amide bonds. The van der Waals surface area contributed by atoms with Crippen molar-refractivity contribution in [2.45, 2.75) is 20.3 Å². The number of carbonyl (C=O) groups excluding carboxylic acids is 3. The molecular weight excluding hydrogens is 306 g/mol. The Morgan fingerprint density at radius 1 is 1.30 bits per heavy atom. The minimum Gasteiger partial charge on any atom is -0.452 e. The van der Waals surface area contributed by atoms with Crippen molar-refractivity contribution in [1.82, 2.24) is 10.6 Å². The summed E-state index contributed by atoms with van der Waals surface area (Å²) in [6.45, 7) is 3.01. The van der Waals surface area contributed by atoms with Crippen LogP contribution in [0.2, 0.25) is 0 Å². The summed E-state index contributed by atoms with van der Waals surface area (Å²) in [6, 6.07) is 3.49. The van der Waals surface area contributed by atoms with E-state index < -0.39 is 29.4 Å². The summed E-state index contributed by atoms with van der Waals surface area (Å²) in [5.74, 6) is -1.84. The van der Waals surface area contributed by atoms with E-state index >= 15 is 0 Å². The number of aryl methyl sites for hydroxylation is 1. The first-order valence-corrected chi connectivity index (χ1v) is 6.85. The molecule has 0 aromatic heterocycles. The highest BCUT2D eigenvalue weighted by Crippen LogP contribution is 2.23. The van der Waals surface area contributed by atoms with Gasteiger partial charge in [-0.2, -0.15) is 0 Å².